The Bertz CT molecular complexity index is 775. The molecule has 2 amide bonds. The van der Waals surface area contributed by atoms with E-state index in [1.54, 1.807) is 11.3 Å². The predicted molar refractivity (Wildman–Crippen MR) is 102 cm³/mol. The van der Waals surface area contributed by atoms with E-state index in [0.717, 1.165) is 32.8 Å². The molecular formula is C18H19BrN2O3S. The Kier molecular flexibility index (Phi) is 6.09. The number of aryl methyl sites for hydroxylation is 1. The molecule has 0 aliphatic carbocycles. The number of anilines is 1. The minimum Gasteiger partial charge on any atom is -0.494 e. The zero-order chi connectivity index (χ0) is 17.6. The van der Waals surface area contributed by atoms with Crippen molar-refractivity contribution in [1.29, 1.82) is 0 Å². The van der Waals surface area contributed by atoms with E-state index < -0.39 is 0 Å². The van der Waals surface area contributed by atoms with Crippen LogP contribution in [0.1, 0.15) is 29.7 Å². The van der Waals surface area contributed by atoms with Gasteiger partial charge in [-0.25, -0.2) is 0 Å². The quantitative estimate of drug-likeness (QED) is 0.665. The van der Waals surface area contributed by atoms with E-state index in [1.165, 1.54) is 0 Å². The van der Waals surface area contributed by atoms with Gasteiger partial charge in [0.05, 0.1) is 13.2 Å². The number of benzene rings is 1. The molecule has 25 heavy (non-hydrogen) atoms. The monoisotopic (exact) mass is 422 g/mol. The Morgan fingerprint density at radius 2 is 2.20 bits per heavy atom. The molecule has 0 spiro atoms. The number of thiophene rings is 1. The minimum absolute atomic E-state index is 0.0290. The van der Waals surface area contributed by atoms with E-state index in [-0.39, 0.29) is 11.8 Å². The largest absolute Gasteiger partial charge is 0.494 e. The predicted octanol–water partition coefficient (Wildman–Crippen LogP) is 3.87. The van der Waals surface area contributed by atoms with Crippen LogP contribution in [0.4, 0.5) is 5.69 Å². The molecule has 0 radical (unpaired) electrons. The summed E-state index contributed by atoms with van der Waals surface area (Å²) >= 11 is 5.02. The number of amides is 2. The molecule has 2 aromatic rings. The Hall–Kier alpha value is -1.86. The highest BCUT2D eigenvalue weighted by molar-refractivity contribution is 9.10. The van der Waals surface area contributed by atoms with Gasteiger partial charge in [-0.1, -0.05) is 0 Å². The number of nitrogens with one attached hydrogen (secondary N) is 2. The third-order valence-corrected chi connectivity index (χ3v) is 5.57. The van der Waals surface area contributed by atoms with Crippen LogP contribution in [-0.4, -0.2) is 18.4 Å². The molecule has 0 fully saturated rings. The summed E-state index contributed by atoms with van der Waals surface area (Å²) in [5.74, 6) is 0.863. The molecule has 2 N–H and O–H groups in total. The van der Waals surface area contributed by atoms with Crippen LogP contribution in [0.2, 0.25) is 0 Å². The number of hydrogen-bond donors (Lipinski definition) is 2. The Morgan fingerprint density at radius 3 is 3.00 bits per heavy atom. The highest BCUT2D eigenvalue weighted by Crippen LogP contribution is 2.26. The average molecular weight is 423 g/mol. The first-order valence-corrected chi connectivity index (χ1v) is 9.82. The lowest BCUT2D eigenvalue weighted by molar-refractivity contribution is -0.121. The van der Waals surface area contributed by atoms with Gasteiger partial charge in [0, 0.05) is 33.3 Å². The second kappa shape index (κ2) is 8.49. The van der Waals surface area contributed by atoms with E-state index in [9.17, 15) is 9.59 Å². The zero-order valence-corrected chi connectivity index (χ0v) is 16.0. The van der Waals surface area contributed by atoms with Gasteiger partial charge < -0.3 is 15.4 Å². The number of ether oxygens (including phenoxy) is 1. The summed E-state index contributed by atoms with van der Waals surface area (Å²) in [5, 5.41) is 7.76. The van der Waals surface area contributed by atoms with Crippen molar-refractivity contribution in [2.75, 3.05) is 11.9 Å². The average Bonchev–Trinajstić information content (AvgIpc) is 3.02. The van der Waals surface area contributed by atoms with Crippen LogP contribution in [0.5, 0.6) is 5.75 Å². The van der Waals surface area contributed by atoms with Crippen molar-refractivity contribution in [3.05, 3.63) is 44.6 Å². The lowest BCUT2D eigenvalue weighted by atomic mass is 10.0. The fourth-order valence-electron chi connectivity index (χ4n) is 2.59. The maximum atomic E-state index is 11.8. The van der Waals surface area contributed by atoms with Crippen molar-refractivity contribution >= 4 is 44.8 Å². The molecule has 2 heterocycles. The molecule has 0 saturated heterocycles. The molecule has 0 atom stereocenters. The molecule has 3 rings (SSSR count). The molecule has 0 bridgehead atoms. The Labute approximate surface area is 158 Å². The summed E-state index contributed by atoms with van der Waals surface area (Å²) in [4.78, 5) is 24.3. The number of rotatable bonds is 7. The minimum atomic E-state index is 0.0290. The lowest BCUT2D eigenvalue weighted by Gasteiger charge is -2.17. The van der Waals surface area contributed by atoms with Gasteiger partial charge in [0.25, 0.3) is 0 Å². The summed E-state index contributed by atoms with van der Waals surface area (Å²) in [5.41, 5.74) is 1.96. The molecular weight excluding hydrogens is 404 g/mol. The van der Waals surface area contributed by atoms with Gasteiger partial charge in [0.15, 0.2) is 0 Å². The third kappa shape index (κ3) is 5.31. The first kappa shape index (κ1) is 17.9. The maximum Gasteiger partial charge on any atom is 0.224 e. The van der Waals surface area contributed by atoms with E-state index in [0.29, 0.717) is 32.4 Å². The van der Waals surface area contributed by atoms with Crippen molar-refractivity contribution in [1.82, 2.24) is 5.32 Å². The Balaban J connectivity index is 1.37. The highest BCUT2D eigenvalue weighted by Gasteiger charge is 2.15. The van der Waals surface area contributed by atoms with Gasteiger partial charge in [-0.05, 0) is 58.6 Å². The molecule has 132 valence electrons. The van der Waals surface area contributed by atoms with E-state index >= 15 is 0 Å². The summed E-state index contributed by atoms with van der Waals surface area (Å²) in [6, 6.07) is 7.68. The van der Waals surface area contributed by atoms with Gasteiger partial charge in [-0.15, -0.1) is 11.3 Å². The summed E-state index contributed by atoms with van der Waals surface area (Å²) in [6.07, 6.45) is 2.35. The molecule has 1 aromatic heterocycles. The second-order valence-electron chi connectivity index (χ2n) is 5.83. The highest BCUT2D eigenvalue weighted by atomic mass is 79.9. The standard InChI is InChI=1S/C18H19BrN2O3S/c19-13-9-15(25-11-13)10-20-17(22)2-1-7-24-14-4-5-16-12(8-14)3-6-18(23)21-16/h4-5,8-9,11H,1-3,6-7,10H2,(H,20,22)(H,21,23). The Morgan fingerprint density at radius 1 is 1.32 bits per heavy atom. The zero-order valence-electron chi connectivity index (χ0n) is 13.6. The summed E-state index contributed by atoms with van der Waals surface area (Å²) in [6.45, 7) is 1.05. The first-order chi connectivity index (χ1) is 12.1. The molecule has 1 aliphatic rings. The number of halogens is 1. The summed E-state index contributed by atoms with van der Waals surface area (Å²) < 4.78 is 6.76. The maximum absolute atomic E-state index is 11.8. The van der Waals surface area contributed by atoms with Crippen molar-refractivity contribution in [3.63, 3.8) is 0 Å². The number of hydrogen-bond acceptors (Lipinski definition) is 4. The third-order valence-electron chi connectivity index (χ3n) is 3.87. The number of carbonyl (C=O) groups excluding carboxylic acids is 2. The van der Waals surface area contributed by atoms with Gasteiger partial charge in [-0.3, -0.25) is 9.59 Å². The second-order valence-corrected chi connectivity index (χ2v) is 7.74. The fourth-order valence-corrected chi connectivity index (χ4v) is 3.98. The van der Waals surface area contributed by atoms with Gasteiger partial charge in [-0.2, -0.15) is 0 Å². The van der Waals surface area contributed by atoms with Crippen LogP contribution in [0.15, 0.2) is 34.1 Å². The first-order valence-electron chi connectivity index (χ1n) is 8.15. The van der Waals surface area contributed by atoms with Crippen LogP contribution in [0, 0.1) is 0 Å². The van der Waals surface area contributed by atoms with Crippen LogP contribution in [-0.2, 0) is 22.6 Å². The topological polar surface area (TPSA) is 67.4 Å². The smallest absolute Gasteiger partial charge is 0.224 e. The van der Waals surface area contributed by atoms with Gasteiger partial charge >= 0.3 is 0 Å². The van der Waals surface area contributed by atoms with Crippen LogP contribution < -0.4 is 15.4 Å². The summed E-state index contributed by atoms with van der Waals surface area (Å²) in [7, 11) is 0. The number of carbonyl (C=O) groups is 2. The van der Waals surface area contributed by atoms with Gasteiger partial charge in [0.1, 0.15) is 5.75 Å². The molecule has 1 aromatic carbocycles. The van der Waals surface area contributed by atoms with Gasteiger partial charge in [0.2, 0.25) is 11.8 Å². The van der Waals surface area contributed by atoms with Crippen LogP contribution in [0.3, 0.4) is 0 Å². The number of fused-ring (bicyclic) bond motifs is 1. The lowest BCUT2D eigenvalue weighted by Crippen LogP contribution is -2.22. The molecule has 1 aliphatic heterocycles. The van der Waals surface area contributed by atoms with Crippen molar-refractivity contribution < 1.29 is 14.3 Å². The normalized spacial score (nSPS) is 13.1. The van der Waals surface area contributed by atoms with Crippen molar-refractivity contribution in [2.24, 2.45) is 0 Å². The molecule has 0 saturated carbocycles. The molecule has 5 nitrogen and oxygen atoms in total. The molecule has 7 heteroatoms. The van der Waals surface area contributed by atoms with Crippen molar-refractivity contribution in [2.45, 2.75) is 32.2 Å². The van der Waals surface area contributed by atoms with Crippen molar-refractivity contribution in [3.8, 4) is 5.75 Å². The van der Waals surface area contributed by atoms with Crippen LogP contribution in [0.25, 0.3) is 0 Å². The van der Waals surface area contributed by atoms with E-state index in [1.807, 2.05) is 29.6 Å². The van der Waals surface area contributed by atoms with E-state index in [4.69, 9.17) is 4.74 Å². The van der Waals surface area contributed by atoms with Crippen LogP contribution >= 0.6 is 27.3 Å². The van der Waals surface area contributed by atoms with E-state index in [2.05, 4.69) is 26.6 Å². The SMILES string of the molecule is O=C(CCCOc1ccc2c(c1)CCC(=O)N2)NCc1cc(Br)cs1. The molecule has 0 unspecified atom stereocenters. The fraction of sp³-hybridized carbons (Fsp3) is 0.333.